The predicted molar refractivity (Wildman–Crippen MR) is 105 cm³/mol. The van der Waals surface area contributed by atoms with Crippen molar-refractivity contribution in [3.63, 3.8) is 0 Å². The molecular formula is C21H24N2O4. The van der Waals surface area contributed by atoms with E-state index < -0.39 is 5.97 Å². The van der Waals surface area contributed by atoms with Crippen molar-refractivity contribution in [2.75, 3.05) is 37.5 Å². The SMILES string of the molecule is COC(=O)c1ccc(C(=O)Nc2ccccc2N2CCCCC2)cc1OC. The maximum atomic E-state index is 12.8. The minimum atomic E-state index is -0.505. The van der Waals surface area contributed by atoms with Crippen LogP contribution >= 0.6 is 0 Å². The number of esters is 1. The number of hydrogen-bond donors (Lipinski definition) is 1. The number of anilines is 2. The van der Waals surface area contributed by atoms with Crippen molar-refractivity contribution in [3.05, 3.63) is 53.6 Å². The van der Waals surface area contributed by atoms with Crippen molar-refractivity contribution in [2.24, 2.45) is 0 Å². The van der Waals surface area contributed by atoms with Gasteiger partial charge in [-0.3, -0.25) is 4.79 Å². The van der Waals surface area contributed by atoms with E-state index in [0.29, 0.717) is 11.3 Å². The molecule has 0 aromatic heterocycles. The number of piperidine rings is 1. The molecule has 0 unspecified atom stereocenters. The number of rotatable bonds is 5. The second-order valence-electron chi connectivity index (χ2n) is 6.43. The highest BCUT2D eigenvalue weighted by molar-refractivity contribution is 6.07. The van der Waals surface area contributed by atoms with Gasteiger partial charge in [0.15, 0.2) is 0 Å². The molecule has 0 atom stereocenters. The van der Waals surface area contributed by atoms with Crippen molar-refractivity contribution < 1.29 is 19.1 Å². The van der Waals surface area contributed by atoms with Gasteiger partial charge in [-0.15, -0.1) is 0 Å². The molecule has 2 aromatic carbocycles. The molecule has 1 N–H and O–H groups in total. The van der Waals surface area contributed by atoms with Crippen LogP contribution in [0.15, 0.2) is 42.5 Å². The smallest absolute Gasteiger partial charge is 0.341 e. The van der Waals surface area contributed by atoms with Gasteiger partial charge in [-0.05, 0) is 49.6 Å². The largest absolute Gasteiger partial charge is 0.496 e. The van der Waals surface area contributed by atoms with Crippen molar-refractivity contribution in [3.8, 4) is 5.75 Å². The second-order valence-corrected chi connectivity index (χ2v) is 6.43. The highest BCUT2D eigenvalue weighted by Crippen LogP contribution is 2.29. The molecule has 142 valence electrons. The van der Waals surface area contributed by atoms with Gasteiger partial charge in [0, 0.05) is 18.7 Å². The minimum Gasteiger partial charge on any atom is -0.496 e. The van der Waals surface area contributed by atoms with Crippen molar-refractivity contribution in [1.82, 2.24) is 0 Å². The lowest BCUT2D eigenvalue weighted by molar-refractivity contribution is 0.0596. The Morgan fingerprint density at radius 1 is 1.00 bits per heavy atom. The Balaban J connectivity index is 1.83. The molecule has 1 saturated heterocycles. The fourth-order valence-electron chi connectivity index (χ4n) is 3.30. The van der Waals surface area contributed by atoms with E-state index in [4.69, 9.17) is 9.47 Å². The summed E-state index contributed by atoms with van der Waals surface area (Å²) in [5.41, 5.74) is 2.50. The van der Waals surface area contributed by atoms with E-state index in [9.17, 15) is 9.59 Å². The molecule has 0 saturated carbocycles. The summed E-state index contributed by atoms with van der Waals surface area (Å²) in [5, 5.41) is 2.99. The summed E-state index contributed by atoms with van der Waals surface area (Å²) >= 11 is 0. The zero-order valence-electron chi connectivity index (χ0n) is 15.7. The molecule has 1 heterocycles. The van der Waals surface area contributed by atoms with Gasteiger partial charge in [0.1, 0.15) is 11.3 Å². The third-order valence-corrected chi connectivity index (χ3v) is 4.72. The number of nitrogens with zero attached hydrogens (tertiary/aromatic N) is 1. The molecule has 1 fully saturated rings. The van der Waals surface area contributed by atoms with Crippen LogP contribution in [0.3, 0.4) is 0 Å². The van der Waals surface area contributed by atoms with Gasteiger partial charge < -0.3 is 19.7 Å². The van der Waals surface area contributed by atoms with Gasteiger partial charge in [-0.1, -0.05) is 12.1 Å². The van der Waals surface area contributed by atoms with Crippen LogP contribution in [-0.4, -0.2) is 39.2 Å². The number of para-hydroxylation sites is 2. The van der Waals surface area contributed by atoms with Gasteiger partial charge in [-0.2, -0.15) is 0 Å². The van der Waals surface area contributed by atoms with E-state index in [2.05, 4.69) is 10.2 Å². The van der Waals surface area contributed by atoms with Crippen LogP contribution in [0.1, 0.15) is 40.0 Å². The number of hydrogen-bond acceptors (Lipinski definition) is 5. The Labute approximate surface area is 159 Å². The average molecular weight is 368 g/mol. The van der Waals surface area contributed by atoms with Gasteiger partial charge in [0.05, 0.1) is 25.6 Å². The quantitative estimate of drug-likeness (QED) is 0.815. The van der Waals surface area contributed by atoms with Crippen LogP contribution in [0, 0.1) is 0 Å². The molecule has 1 aliphatic rings. The van der Waals surface area contributed by atoms with Crippen LogP contribution in [0.25, 0.3) is 0 Å². The summed E-state index contributed by atoms with van der Waals surface area (Å²) < 4.78 is 9.97. The van der Waals surface area contributed by atoms with E-state index in [1.807, 2.05) is 24.3 Å². The summed E-state index contributed by atoms with van der Waals surface area (Å²) in [6.07, 6.45) is 3.57. The minimum absolute atomic E-state index is 0.255. The topological polar surface area (TPSA) is 67.9 Å². The molecule has 0 radical (unpaired) electrons. The molecule has 2 aromatic rings. The van der Waals surface area contributed by atoms with Gasteiger partial charge in [0.25, 0.3) is 5.91 Å². The number of benzene rings is 2. The standard InChI is InChI=1S/C21H24N2O4/c1-26-19-14-15(10-11-16(19)21(25)27-2)20(24)22-17-8-4-5-9-18(17)23-12-6-3-7-13-23/h4-5,8-11,14H,3,6-7,12-13H2,1-2H3,(H,22,24). The van der Waals surface area contributed by atoms with Crippen LogP contribution < -0.4 is 15.0 Å². The monoisotopic (exact) mass is 368 g/mol. The molecular weight excluding hydrogens is 344 g/mol. The molecule has 6 nitrogen and oxygen atoms in total. The van der Waals surface area contributed by atoms with E-state index in [0.717, 1.165) is 37.3 Å². The average Bonchev–Trinajstić information content (AvgIpc) is 2.73. The van der Waals surface area contributed by atoms with Crippen molar-refractivity contribution in [2.45, 2.75) is 19.3 Å². The summed E-state index contributed by atoms with van der Waals surface area (Å²) in [4.78, 5) is 26.8. The summed E-state index contributed by atoms with van der Waals surface area (Å²) in [6, 6.07) is 12.5. The molecule has 0 aliphatic carbocycles. The molecule has 0 bridgehead atoms. The van der Waals surface area contributed by atoms with E-state index in [-0.39, 0.29) is 11.5 Å². The number of ether oxygens (including phenoxy) is 2. The number of methoxy groups -OCH3 is 2. The lowest BCUT2D eigenvalue weighted by atomic mass is 10.1. The fraction of sp³-hybridized carbons (Fsp3) is 0.333. The Kier molecular flexibility index (Phi) is 5.96. The Bertz CT molecular complexity index is 829. The van der Waals surface area contributed by atoms with E-state index in [1.54, 1.807) is 12.1 Å². The number of amides is 1. The molecule has 6 heteroatoms. The van der Waals surface area contributed by atoms with Crippen LogP contribution in [0.2, 0.25) is 0 Å². The maximum absolute atomic E-state index is 12.8. The molecule has 1 amide bonds. The highest BCUT2D eigenvalue weighted by Gasteiger charge is 2.18. The van der Waals surface area contributed by atoms with Gasteiger partial charge in [-0.25, -0.2) is 4.79 Å². The molecule has 3 rings (SSSR count). The maximum Gasteiger partial charge on any atom is 0.341 e. The third-order valence-electron chi connectivity index (χ3n) is 4.72. The molecule has 0 spiro atoms. The summed E-state index contributed by atoms with van der Waals surface area (Å²) in [6.45, 7) is 1.99. The second kappa shape index (κ2) is 8.58. The normalized spacial score (nSPS) is 13.8. The number of nitrogens with one attached hydrogen (secondary N) is 1. The number of carbonyl (C=O) groups excluding carboxylic acids is 2. The highest BCUT2D eigenvalue weighted by atomic mass is 16.5. The Morgan fingerprint density at radius 2 is 1.74 bits per heavy atom. The first-order valence-corrected chi connectivity index (χ1v) is 9.05. The first kappa shape index (κ1) is 18.8. The summed E-state index contributed by atoms with van der Waals surface area (Å²) in [5.74, 6) is -0.456. The molecule has 1 aliphatic heterocycles. The van der Waals surface area contributed by atoms with Crippen LogP contribution in [0.4, 0.5) is 11.4 Å². The lowest BCUT2D eigenvalue weighted by Gasteiger charge is -2.30. The Morgan fingerprint density at radius 3 is 2.44 bits per heavy atom. The number of carbonyl (C=O) groups is 2. The third kappa shape index (κ3) is 4.22. The first-order valence-electron chi connectivity index (χ1n) is 9.05. The first-order chi connectivity index (χ1) is 13.1. The fourth-order valence-corrected chi connectivity index (χ4v) is 3.30. The van der Waals surface area contributed by atoms with E-state index in [1.165, 1.54) is 26.7 Å². The van der Waals surface area contributed by atoms with Gasteiger partial charge in [0.2, 0.25) is 0 Å². The zero-order valence-corrected chi connectivity index (χ0v) is 15.7. The van der Waals surface area contributed by atoms with Gasteiger partial charge >= 0.3 is 5.97 Å². The summed E-state index contributed by atoms with van der Waals surface area (Å²) in [7, 11) is 2.76. The van der Waals surface area contributed by atoms with Crippen molar-refractivity contribution >= 4 is 23.3 Å². The van der Waals surface area contributed by atoms with Crippen LogP contribution in [-0.2, 0) is 4.74 Å². The predicted octanol–water partition coefficient (Wildman–Crippen LogP) is 3.72. The van der Waals surface area contributed by atoms with E-state index >= 15 is 0 Å². The molecule has 27 heavy (non-hydrogen) atoms. The van der Waals surface area contributed by atoms with Crippen molar-refractivity contribution in [1.29, 1.82) is 0 Å². The van der Waals surface area contributed by atoms with Crippen LogP contribution in [0.5, 0.6) is 5.75 Å². The Hall–Kier alpha value is -3.02. The zero-order chi connectivity index (χ0) is 19.2. The lowest BCUT2D eigenvalue weighted by Crippen LogP contribution is -2.30.